The lowest BCUT2D eigenvalue weighted by atomic mass is 10.1. The lowest BCUT2D eigenvalue weighted by Gasteiger charge is -2.36. The molecule has 6 atom stereocenters. The van der Waals surface area contributed by atoms with E-state index in [9.17, 15) is 28.8 Å². The van der Waals surface area contributed by atoms with E-state index in [0.29, 0.717) is 6.54 Å². The standard InChI is InChI=1S/C40H64N8O15P2Si/c1-26(2)22-44-39-46-34-31(35(49)47-39)45-25-48(34)36-33(62-38(51)28(5)6)32(61-37(50)27(3)4)30(60-36)24-58-64(52,54-19-14-20-59-66(10,11)40(7,8)9)57-23-29(21-43)63-65(53,55-17-12-15-41)56-18-13-16-42/h25-30,32-33,36H,12-14,17-20,22-24H2,1-11H3,(H2,44,46,47,49)/t29?,30-,32-,33-,36-,64?/m1/s1. The number of phosphoric acid groups is 2. The molecule has 2 unspecified atom stereocenters. The second-order valence-corrected chi connectivity index (χ2v) is 25.8. The number of fused-ring (bicyclic) bond motifs is 1. The van der Waals surface area contributed by atoms with Gasteiger partial charge in [0.25, 0.3) is 5.56 Å². The maximum absolute atomic E-state index is 14.6. The van der Waals surface area contributed by atoms with Crippen LogP contribution in [-0.4, -0.2) is 110 Å². The largest absolute Gasteiger partial charge is 0.476 e. The summed E-state index contributed by atoms with van der Waals surface area (Å²) < 4.78 is 86.7. The van der Waals surface area contributed by atoms with Gasteiger partial charge >= 0.3 is 27.6 Å². The number of esters is 2. The molecule has 1 aliphatic heterocycles. The lowest BCUT2D eigenvalue weighted by molar-refractivity contribution is -0.172. The zero-order valence-electron chi connectivity index (χ0n) is 39.5. The highest BCUT2D eigenvalue weighted by atomic mass is 31.2. The second kappa shape index (κ2) is 25.3. The van der Waals surface area contributed by atoms with Crippen LogP contribution in [-0.2, 0) is 64.5 Å². The summed E-state index contributed by atoms with van der Waals surface area (Å²) in [5, 5.41) is 30.8. The molecule has 0 aliphatic carbocycles. The molecule has 0 aromatic carbocycles. The highest BCUT2D eigenvalue weighted by molar-refractivity contribution is 7.48. The smallest absolute Gasteiger partial charge is 0.455 e. The number of aromatic amines is 1. The Morgan fingerprint density at radius 2 is 1.48 bits per heavy atom. The molecule has 1 fully saturated rings. The molecule has 368 valence electrons. The third kappa shape index (κ3) is 16.6. The maximum atomic E-state index is 14.6. The first kappa shape index (κ1) is 56.2. The highest BCUT2D eigenvalue weighted by Crippen LogP contribution is 2.54. The first-order chi connectivity index (χ1) is 30.9. The van der Waals surface area contributed by atoms with Crippen molar-refractivity contribution in [2.45, 2.75) is 130 Å². The van der Waals surface area contributed by atoms with Gasteiger partial charge in [0.1, 0.15) is 6.10 Å². The fourth-order valence-corrected chi connectivity index (χ4v) is 8.89. The van der Waals surface area contributed by atoms with Gasteiger partial charge in [-0.05, 0) is 30.5 Å². The molecule has 0 radical (unpaired) electrons. The fourth-order valence-electron chi connectivity index (χ4n) is 5.34. The molecule has 66 heavy (non-hydrogen) atoms. The van der Waals surface area contributed by atoms with E-state index in [1.165, 1.54) is 10.9 Å². The number of H-pyrrole nitrogens is 1. The van der Waals surface area contributed by atoms with Crippen molar-refractivity contribution in [3.63, 3.8) is 0 Å². The number of ether oxygens (including phenoxy) is 3. The second-order valence-electron chi connectivity index (χ2n) is 17.7. The lowest BCUT2D eigenvalue weighted by Crippen LogP contribution is -2.42. The van der Waals surface area contributed by atoms with Gasteiger partial charge in [-0.3, -0.25) is 51.1 Å². The monoisotopic (exact) mass is 986 g/mol. The molecule has 3 rings (SSSR count). The van der Waals surface area contributed by atoms with Gasteiger partial charge in [0.2, 0.25) is 5.95 Å². The molecule has 2 aromatic rings. The van der Waals surface area contributed by atoms with E-state index in [1.807, 2.05) is 13.8 Å². The van der Waals surface area contributed by atoms with Gasteiger partial charge in [0, 0.05) is 13.2 Å². The van der Waals surface area contributed by atoms with Crippen LogP contribution in [0.25, 0.3) is 11.2 Å². The van der Waals surface area contributed by atoms with Gasteiger partial charge in [-0.1, -0.05) is 62.3 Å². The van der Waals surface area contributed by atoms with Crippen LogP contribution in [0.1, 0.15) is 87.8 Å². The molecule has 0 saturated carbocycles. The van der Waals surface area contributed by atoms with E-state index in [1.54, 1.807) is 45.9 Å². The summed E-state index contributed by atoms with van der Waals surface area (Å²) in [6.07, 6.45) is -6.34. The summed E-state index contributed by atoms with van der Waals surface area (Å²) >= 11 is 0. The Hall–Kier alpha value is -4.08. The summed E-state index contributed by atoms with van der Waals surface area (Å²) in [6, 6.07) is 5.32. The third-order valence-electron chi connectivity index (χ3n) is 10.0. The van der Waals surface area contributed by atoms with Crippen molar-refractivity contribution >= 4 is 53.0 Å². The number of imidazole rings is 1. The molecule has 1 saturated heterocycles. The highest BCUT2D eigenvalue weighted by Gasteiger charge is 2.52. The third-order valence-corrected chi connectivity index (χ3v) is 17.5. The number of nitrogens with zero attached hydrogens (tertiary/aromatic N) is 6. The van der Waals surface area contributed by atoms with Crippen LogP contribution in [0.4, 0.5) is 5.95 Å². The predicted octanol–water partition coefficient (Wildman–Crippen LogP) is 6.67. The van der Waals surface area contributed by atoms with Crippen molar-refractivity contribution in [3.8, 4) is 18.2 Å². The topological polar surface area (TPSA) is 308 Å². The van der Waals surface area contributed by atoms with Crippen molar-refractivity contribution < 1.29 is 64.5 Å². The van der Waals surface area contributed by atoms with E-state index in [0.717, 1.165) is 0 Å². The molecular weight excluding hydrogens is 923 g/mol. The van der Waals surface area contributed by atoms with Crippen LogP contribution in [0.2, 0.25) is 18.1 Å². The number of carbonyl (C=O) groups is 2. The Balaban J connectivity index is 2.03. The van der Waals surface area contributed by atoms with E-state index in [4.69, 9.17) is 56.3 Å². The zero-order valence-corrected chi connectivity index (χ0v) is 42.3. The minimum absolute atomic E-state index is 0.0291. The normalized spacial score (nSPS) is 19.3. The van der Waals surface area contributed by atoms with Crippen LogP contribution < -0.4 is 10.9 Å². The number of hydrogen-bond donors (Lipinski definition) is 2. The minimum atomic E-state index is -4.81. The van der Waals surface area contributed by atoms with E-state index < -0.39 is 110 Å². The van der Waals surface area contributed by atoms with Crippen molar-refractivity contribution in [2.75, 3.05) is 51.5 Å². The molecule has 1 aliphatic rings. The van der Waals surface area contributed by atoms with Crippen LogP contribution in [0, 0.1) is 51.7 Å². The number of phosphoric ester groups is 2. The molecule has 0 spiro atoms. The van der Waals surface area contributed by atoms with E-state index in [2.05, 4.69) is 54.1 Å². The Kier molecular flexibility index (Phi) is 21.6. The summed E-state index contributed by atoms with van der Waals surface area (Å²) in [4.78, 5) is 51.2. The Morgan fingerprint density at radius 3 is 2.03 bits per heavy atom. The molecule has 26 heteroatoms. The number of carbonyl (C=O) groups excluding carboxylic acids is 2. The zero-order chi connectivity index (χ0) is 49.5. The van der Waals surface area contributed by atoms with Gasteiger partial charge in [-0.2, -0.15) is 20.8 Å². The first-order valence-electron chi connectivity index (χ1n) is 21.6. The summed E-state index contributed by atoms with van der Waals surface area (Å²) in [5.41, 5.74) is -0.627. The van der Waals surface area contributed by atoms with Gasteiger partial charge < -0.3 is 24.0 Å². The molecule has 2 N–H and O–H groups in total. The van der Waals surface area contributed by atoms with E-state index in [-0.39, 0.29) is 60.5 Å². The first-order valence-corrected chi connectivity index (χ1v) is 27.4. The molecule has 23 nitrogen and oxygen atoms in total. The SMILES string of the molecule is CC(C)CNc1nc2c(ncn2[C@@H]2O[C@H](COP(=O)(OCCCO[Si](C)(C)C(C)(C)C)OCC(C#N)OP(=O)(OCCC#N)OCCC#N)[C@@H](OC(=O)C(C)C)[C@H]2OC(=O)C(C)C)c(=O)[nH]1. The quantitative estimate of drug-likeness (QED) is 0.0389. The van der Waals surface area contributed by atoms with Crippen molar-refractivity contribution in [1.82, 2.24) is 19.5 Å². The fraction of sp³-hybridized carbons (Fsp3) is 0.750. The number of nitrogens with one attached hydrogen (secondary N) is 2. The average Bonchev–Trinajstić information content (AvgIpc) is 3.81. The maximum Gasteiger partial charge on any atom is 0.476 e. The number of anilines is 1. The molecular formula is C40H64N8O15P2Si. The van der Waals surface area contributed by atoms with Crippen LogP contribution in [0.5, 0.6) is 0 Å². The number of nitriles is 3. The molecule has 3 heterocycles. The van der Waals surface area contributed by atoms with Gasteiger partial charge in [-0.15, -0.1) is 0 Å². The summed E-state index contributed by atoms with van der Waals surface area (Å²) in [7, 11) is -11.6. The Morgan fingerprint density at radius 1 is 0.894 bits per heavy atom. The Labute approximate surface area is 386 Å². The minimum Gasteiger partial charge on any atom is -0.455 e. The Bertz CT molecular complexity index is 2190. The molecule has 2 aromatic heterocycles. The van der Waals surface area contributed by atoms with Crippen molar-refractivity contribution in [2.24, 2.45) is 17.8 Å². The summed E-state index contributed by atoms with van der Waals surface area (Å²) in [6.45, 7) is 18.6. The van der Waals surface area contributed by atoms with Crippen LogP contribution in [0.15, 0.2) is 11.1 Å². The average molecular weight is 987 g/mol. The summed E-state index contributed by atoms with van der Waals surface area (Å²) in [5.74, 6) is -2.42. The van der Waals surface area contributed by atoms with Crippen molar-refractivity contribution in [3.05, 3.63) is 16.7 Å². The number of rotatable bonds is 28. The number of aromatic nitrogens is 4. The van der Waals surface area contributed by atoms with E-state index >= 15 is 0 Å². The van der Waals surface area contributed by atoms with Gasteiger partial charge in [0.15, 0.2) is 44.0 Å². The van der Waals surface area contributed by atoms with Gasteiger partial charge in [0.05, 0.1) is 82.2 Å². The number of hydrogen-bond acceptors (Lipinski definition) is 21. The van der Waals surface area contributed by atoms with Gasteiger partial charge in [-0.25, -0.2) is 14.1 Å². The van der Waals surface area contributed by atoms with Crippen molar-refractivity contribution in [1.29, 1.82) is 15.8 Å². The van der Waals surface area contributed by atoms with Crippen LogP contribution >= 0.6 is 15.6 Å². The molecule has 0 amide bonds. The molecule has 0 bridgehead atoms. The predicted molar refractivity (Wildman–Crippen MR) is 239 cm³/mol. The van der Waals surface area contributed by atoms with Crippen LogP contribution in [0.3, 0.4) is 0 Å².